The lowest BCUT2D eigenvalue weighted by Gasteiger charge is -2.27. The molecule has 1 rings (SSSR count). The van der Waals surface area contributed by atoms with Crippen LogP contribution >= 0.6 is 0 Å². The van der Waals surface area contributed by atoms with Crippen LogP contribution in [-0.2, 0) is 0 Å². The van der Waals surface area contributed by atoms with Crippen LogP contribution in [0.4, 0.5) is 0 Å². The van der Waals surface area contributed by atoms with Crippen LogP contribution in [0.15, 0.2) is 0 Å². The molecule has 1 aliphatic rings. The van der Waals surface area contributed by atoms with E-state index in [1.54, 1.807) is 0 Å². The average molecular weight is 212 g/mol. The molecule has 1 unspecified atom stereocenters. The third kappa shape index (κ3) is 5.53. The fourth-order valence-electron chi connectivity index (χ4n) is 2.48. The summed E-state index contributed by atoms with van der Waals surface area (Å²) in [5.41, 5.74) is 0. The van der Waals surface area contributed by atoms with Gasteiger partial charge in [-0.1, -0.05) is 20.3 Å². The van der Waals surface area contributed by atoms with E-state index in [9.17, 15) is 0 Å². The van der Waals surface area contributed by atoms with Crippen molar-refractivity contribution in [2.75, 3.05) is 26.2 Å². The van der Waals surface area contributed by atoms with Gasteiger partial charge in [0, 0.05) is 6.04 Å². The Morgan fingerprint density at radius 2 is 1.80 bits per heavy atom. The van der Waals surface area contributed by atoms with Crippen molar-refractivity contribution in [2.24, 2.45) is 0 Å². The summed E-state index contributed by atoms with van der Waals surface area (Å²) in [5, 5.41) is 3.63. The number of piperidine rings is 1. The molecule has 0 saturated carbocycles. The second-order valence-electron chi connectivity index (χ2n) is 4.78. The lowest BCUT2D eigenvalue weighted by Crippen LogP contribution is -2.37. The van der Waals surface area contributed by atoms with Gasteiger partial charge in [-0.15, -0.1) is 0 Å². The Morgan fingerprint density at radius 3 is 2.33 bits per heavy atom. The summed E-state index contributed by atoms with van der Waals surface area (Å²) in [6, 6.07) is 0.801. The first kappa shape index (κ1) is 13.0. The van der Waals surface area contributed by atoms with Crippen molar-refractivity contribution in [3.63, 3.8) is 0 Å². The van der Waals surface area contributed by atoms with Crippen molar-refractivity contribution in [3.8, 4) is 0 Å². The fourth-order valence-corrected chi connectivity index (χ4v) is 2.48. The second kappa shape index (κ2) is 8.12. The van der Waals surface area contributed by atoms with Crippen LogP contribution in [0.25, 0.3) is 0 Å². The van der Waals surface area contributed by atoms with Crippen molar-refractivity contribution in [3.05, 3.63) is 0 Å². The Morgan fingerprint density at radius 1 is 1.07 bits per heavy atom. The van der Waals surface area contributed by atoms with Gasteiger partial charge in [0.1, 0.15) is 0 Å². The lowest BCUT2D eigenvalue weighted by molar-refractivity contribution is 0.247. The molecule has 1 N–H and O–H groups in total. The minimum Gasteiger partial charge on any atom is -0.314 e. The Hall–Kier alpha value is -0.0800. The van der Waals surface area contributed by atoms with E-state index in [-0.39, 0.29) is 0 Å². The molecule has 0 spiro atoms. The molecule has 1 fully saturated rings. The van der Waals surface area contributed by atoms with Gasteiger partial charge in [-0.25, -0.2) is 0 Å². The molecular weight excluding hydrogens is 184 g/mol. The summed E-state index contributed by atoms with van der Waals surface area (Å²) in [6.07, 6.45) is 8.13. The number of nitrogens with one attached hydrogen (secondary N) is 1. The van der Waals surface area contributed by atoms with Crippen LogP contribution in [0.1, 0.15) is 52.4 Å². The SMILES string of the molecule is CCCN(CCC)CCC1CCCCN1. The maximum Gasteiger partial charge on any atom is 0.00792 e. The van der Waals surface area contributed by atoms with Gasteiger partial charge in [-0.05, 0) is 58.3 Å². The Kier molecular flexibility index (Phi) is 7.03. The van der Waals surface area contributed by atoms with Crippen molar-refractivity contribution in [1.29, 1.82) is 0 Å². The number of nitrogens with zero attached hydrogens (tertiary/aromatic N) is 1. The maximum atomic E-state index is 3.63. The van der Waals surface area contributed by atoms with Crippen LogP contribution in [-0.4, -0.2) is 37.1 Å². The van der Waals surface area contributed by atoms with E-state index < -0.39 is 0 Å². The quantitative estimate of drug-likeness (QED) is 0.698. The molecule has 1 aliphatic heterocycles. The molecule has 15 heavy (non-hydrogen) atoms. The molecule has 0 bridgehead atoms. The largest absolute Gasteiger partial charge is 0.314 e. The predicted molar refractivity (Wildman–Crippen MR) is 67.3 cm³/mol. The smallest absolute Gasteiger partial charge is 0.00792 e. The van der Waals surface area contributed by atoms with Crippen LogP contribution in [0.2, 0.25) is 0 Å². The zero-order valence-corrected chi connectivity index (χ0v) is 10.6. The van der Waals surface area contributed by atoms with E-state index in [2.05, 4.69) is 24.1 Å². The zero-order valence-electron chi connectivity index (χ0n) is 10.6. The van der Waals surface area contributed by atoms with Crippen molar-refractivity contribution < 1.29 is 0 Å². The summed E-state index contributed by atoms with van der Waals surface area (Å²) in [6.45, 7) is 9.65. The molecule has 1 heterocycles. The minimum absolute atomic E-state index is 0.801. The van der Waals surface area contributed by atoms with E-state index in [1.807, 2.05) is 0 Å². The third-order valence-corrected chi connectivity index (χ3v) is 3.29. The molecule has 2 nitrogen and oxygen atoms in total. The van der Waals surface area contributed by atoms with E-state index in [4.69, 9.17) is 0 Å². The van der Waals surface area contributed by atoms with E-state index in [1.165, 1.54) is 64.7 Å². The molecule has 1 atom stereocenters. The normalized spacial score (nSPS) is 22.2. The van der Waals surface area contributed by atoms with Crippen LogP contribution < -0.4 is 5.32 Å². The highest BCUT2D eigenvalue weighted by Crippen LogP contribution is 2.10. The molecule has 0 radical (unpaired) electrons. The molecule has 0 amide bonds. The van der Waals surface area contributed by atoms with Crippen LogP contribution in [0, 0.1) is 0 Å². The van der Waals surface area contributed by atoms with Crippen molar-refractivity contribution >= 4 is 0 Å². The van der Waals surface area contributed by atoms with Crippen LogP contribution in [0.5, 0.6) is 0 Å². The summed E-state index contributed by atoms with van der Waals surface area (Å²) in [5.74, 6) is 0. The zero-order chi connectivity index (χ0) is 10.9. The number of hydrogen-bond donors (Lipinski definition) is 1. The van der Waals surface area contributed by atoms with Gasteiger partial charge < -0.3 is 10.2 Å². The fraction of sp³-hybridized carbons (Fsp3) is 1.00. The summed E-state index contributed by atoms with van der Waals surface area (Å²) in [7, 11) is 0. The first-order valence-electron chi connectivity index (χ1n) is 6.82. The summed E-state index contributed by atoms with van der Waals surface area (Å²) in [4.78, 5) is 2.62. The van der Waals surface area contributed by atoms with E-state index in [0.29, 0.717) is 0 Å². The van der Waals surface area contributed by atoms with Gasteiger partial charge in [-0.2, -0.15) is 0 Å². The molecule has 90 valence electrons. The molecule has 0 aromatic carbocycles. The van der Waals surface area contributed by atoms with Gasteiger partial charge in [0.05, 0.1) is 0 Å². The predicted octanol–water partition coefficient (Wildman–Crippen LogP) is 2.64. The summed E-state index contributed by atoms with van der Waals surface area (Å²) < 4.78 is 0. The first-order chi connectivity index (χ1) is 7.36. The van der Waals surface area contributed by atoms with Gasteiger partial charge in [0.25, 0.3) is 0 Å². The highest BCUT2D eigenvalue weighted by molar-refractivity contribution is 4.73. The Bertz CT molecular complexity index is 135. The summed E-state index contributed by atoms with van der Waals surface area (Å²) >= 11 is 0. The molecule has 0 aromatic heterocycles. The number of hydrogen-bond acceptors (Lipinski definition) is 2. The topological polar surface area (TPSA) is 15.3 Å². The highest BCUT2D eigenvalue weighted by atomic mass is 15.1. The average Bonchev–Trinajstić information content (AvgIpc) is 2.28. The molecular formula is C13H28N2. The molecule has 2 heteroatoms. The number of rotatable bonds is 7. The van der Waals surface area contributed by atoms with E-state index in [0.717, 1.165) is 6.04 Å². The standard InChI is InChI=1S/C13H28N2/c1-3-10-15(11-4-2)12-8-13-7-5-6-9-14-13/h13-14H,3-12H2,1-2H3. The monoisotopic (exact) mass is 212 g/mol. The minimum atomic E-state index is 0.801. The molecule has 0 aliphatic carbocycles. The van der Waals surface area contributed by atoms with E-state index >= 15 is 0 Å². The van der Waals surface area contributed by atoms with Crippen molar-refractivity contribution in [1.82, 2.24) is 10.2 Å². The van der Waals surface area contributed by atoms with Crippen LogP contribution in [0.3, 0.4) is 0 Å². The molecule has 0 aromatic rings. The third-order valence-electron chi connectivity index (χ3n) is 3.29. The van der Waals surface area contributed by atoms with Gasteiger partial charge >= 0.3 is 0 Å². The Labute approximate surface area is 95.4 Å². The highest BCUT2D eigenvalue weighted by Gasteiger charge is 2.13. The maximum absolute atomic E-state index is 3.63. The first-order valence-corrected chi connectivity index (χ1v) is 6.82. The molecule has 1 saturated heterocycles. The van der Waals surface area contributed by atoms with Gasteiger partial charge in [0.15, 0.2) is 0 Å². The van der Waals surface area contributed by atoms with Crippen molar-refractivity contribution in [2.45, 2.75) is 58.4 Å². The van der Waals surface area contributed by atoms with Gasteiger partial charge in [-0.3, -0.25) is 0 Å². The Balaban J connectivity index is 2.13. The second-order valence-corrected chi connectivity index (χ2v) is 4.78. The van der Waals surface area contributed by atoms with Gasteiger partial charge in [0.2, 0.25) is 0 Å². The lowest BCUT2D eigenvalue weighted by atomic mass is 10.0.